The average Bonchev–Trinajstić information content (AvgIpc) is 2.91. The number of benzene rings is 3. The molecule has 3 aromatic carbocycles. The van der Waals surface area contributed by atoms with Crippen LogP contribution < -0.4 is 18.9 Å². The molecule has 0 amide bonds. The Labute approximate surface area is 207 Å². The molecule has 4 unspecified atom stereocenters. The van der Waals surface area contributed by atoms with Crippen LogP contribution in [-0.2, 0) is 0 Å². The fourth-order valence-corrected chi connectivity index (χ4v) is 4.32. The first kappa shape index (κ1) is 23.8. The fraction of sp³-hybridized carbons (Fsp3) is 0.259. The molecule has 188 valence electrons. The van der Waals surface area contributed by atoms with Crippen LogP contribution in [0.25, 0.3) is 6.08 Å². The number of aromatic hydroxyl groups is 2. The fourth-order valence-electron chi connectivity index (χ4n) is 4.32. The van der Waals surface area contributed by atoms with Crippen molar-refractivity contribution in [1.29, 1.82) is 0 Å². The van der Waals surface area contributed by atoms with Crippen molar-refractivity contribution in [3.63, 3.8) is 0 Å². The number of aliphatic hydroxyl groups excluding tert-OH is 3. The van der Waals surface area contributed by atoms with Crippen LogP contribution in [-0.4, -0.2) is 57.6 Å². The van der Waals surface area contributed by atoms with E-state index in [0.717, 1.165) is 5.56 Å². The minimum absolute atomic E-state index is 0.0789. The van der Waals surface area contributed by atoms with Crippen molar-refractivity contribution in [2.24, 2.45) is 0 Å². The summed E-state index contributed by atoms with van der Waals surface area (Å²) in [4.78, 5) is 0. The molecule has 0 radical (unpaired) electrons. The zero-order valence-corrected chi connectivity index (χ0v) is 19.2. The monoisotopic (exact) mass is 494 g/mol. The molecule has 3 aromatic rings. The number of phenolic OH excluding ortho intramolecular Hbond substituents is 2. The van der Waals surface area contributed by atoms with Crippen LogP contribution >= 0.6 is 0 Å². The van der Waals surface area contributed by atoms with Crippen LogP contribution in [0.4, 0.5) is 0 Å². The zero-order valence-electron chi connectivity index (χ0n) is 19.2. The molecule has 2 heterocycles. The van der Waals surface area contributed by atoms with E-state index in [2.05, 4.69) is 0 Å². The van der Waals surface area contributed by atoms with Gasteiger partial charge in [-0.3, -0.25) is 0 Å². The Morgan fingerprint density at radius 2 is 1.19 bits per heavy atom. The summed E-state index contributed by atoms with van der Waals surface area (Å²) in [6, 6.07) is 14.9. The first-order valence-corrected chi connectivity index (χ1v) is 11.5. The average molecular weight is 494 g/mol. The Bertz CT molecular complexity index is 1270. The number of fused-ring (bicyclic) bond motifs is 2. The smallest absolute Gasteiger partial charge is 0.163 e. The van der Waals surface area contributed by atoms with Crippen molar-refractivity contribution in [3.05, 3.63) is 77.4 Å². The summed E-state index contributed by atoms with van der Waals surface area (Å²) in [5, 5.41) is 48.4. The maximum absolute atomic E-state index is 9.97. The van der Waals surface area contributed by atoms with Crippen LogP contribution in [0.5, 0.6) is 34.5 Å². The predicted molar refractivity (Wildman–Crippen MR) is 129 cm³/mol. The molecule has 5 N–H and O–H groups in total. The van der Waals surface area contributed by atoms with E-state index in [4.69, 9.17) is 24.1 Å². The van der Waals surface area contributed by atoms with E-state index in [0.29, 0.717) is 34.1 Å². The lowest BCUT2D eigenvalue weighted by atomic mass is 10.00. The Balaban J connectivity index is 1.43. The quantitative estimate of drug-likeness (QED) is 0.328. The van der Waals surface area contributed by atoms with E-state index < -0.39 is 24.4 Å². The van der Waals surface area contributed by atoms with Gasteiger partial charge in [-0.25, -0.2) is 0 Å². The Morgan fingerprint density at radius 3 is 1.89 bits per heavy atom. The lowest BCUT2D eigenvalue weighted by Gasteiger charge is -2.36. The van der Waals surface area contributed by atoms with E-state index >= 15 is 0 Å². The van der Waals surface area contributed by atoms with Crippen molar-refractivity contribution < 1.29 is 44.5 Å². The summed E-state index contributed by atoms with van der Waals surface area (Å²) in [5.41, 5.74) is 2.04. The van der Waals surface area contributed by atoms with Gasteiger partial charge in [0.05, 0.1) is 19.8 Å². The van der Waals surface area contributed by atoms with Gasteiger partial charge in [-0.05, 0) is 42.0 Å². The van der Waals surface area contributed by atoms with Gasteiger partial charge >= 0.3 is 0 Å². The van der Waals surface area contributed by atoms with E-state index in [1.165, 1.54) is 12.1 Å². The molecule has 0 bridgehead atoms. The van der Waals surface area contributed by atoms with Crippen molar-refractivity contribution in [2.75, 3.05) is 19.8 Å². The Morgan fingerprint density at radius 1 is 0.611 bits per heavy atom. The molecule has 36 heavy (non-hydrogen) atoms. The highest BCUT2D eigenvalue weighted by molar-refractivity contribution is 5.57. The number of hydrogen-bond acceptors (Lipinski definition) is 9. The van der Waals surface area contributed by atoms with E-state index in [-0.39, 0.29) is 31.3 Å². The molecular formula is C27H26O9. The van der Waals surface area contributed by atoms with Gasteiger partial charge in [-0.2, -0.15) is 0 Å². The van der Waals surface area contributed by atoms with Gasteiger partial charge in [-0.1, -0.05) is 30.4 Å². The maximum Gasteiger partial charge on any atom is 0.163 e. The molecule has 0 aliphatic carbocycles. The van der Waals surface area contributed by atoms with Crippen LogP contribution in [0.2, 0.25) is 0 Å². The lowest BCUT2D eigenvalue weighted by Crippen LogP contribution is -2.37. The van der Waals surface area contributed by atoms with Crippen LogP contribution in [0, 0.1) is 0 Å². The first-order chi connectivity index (χ1) is 17.5. The molecule has 9 nitrogen and oxygen atoms in total. The number of rotatable bonds is 6. The molecular weight excluding hydrogens is 468 g/mol. The van der Waals surface area contributed by atoms with Crippen molar-refractivity contribution in [1.82, 2.24) is 0 Å². The molecule has 2 aliphatic heterocycles. The third kappa shape index (κ3) is 4.51. The van der Waals surface area contributed by atoms with Crippen LogP contribution in [0.1, 0.15) is 28.9 Å². The third-order valence-electron chi connectivity index (χ3n) is 6.11. The minimum Gasteiger partial charge on any atom is -0.504 e. The van der Waals surface area contributed by atoms with Gasteiger partial charge in [0, 0.05) is 11.1 Å². The van der Waals surface area contributed by atoms with E-state index in [9.17, 15) is 20.4 Å². The van der Waals surface area contributed by atoms with Gasteiger partial charge in [0.2, 0.25) is 0 Å². The Hall–Kier alpha value is -3.92. The summed E-state index contributed by atoms with van der Waals surface area (Å²) < 4.78 is 24.3. The van der Waals surface area contributed by atoms with Gasteiger partial charge in [0.25, 0.3) is 0 Å². The molecule has 0 aromatic heterocycles. The van der Waals surface area contributed by atoms with E-state index in [1.54, 1.807) is 48.6 Å². The first-order valence-electron chi connectivity index (χ1n) is 11.5. The SMILES string of the molecule is OCC=Cc1ccc2c(c1)OC(c1ccc3c(c1)OC(CO)C(c1ccc(O)c(O)c1)O3)C(CO)O2. The third-order valence-corrected chi connectivity index (χ3v) is 6.11. The van der Waals surface area contributed by atoms with Crippen LogP contribution in [0.15, 0.2) is 60.7 Å². The highest BCUT2D eigenvalue weighted by Gasteiger charge is 2.36. The largest absolute Gasteiger partial charge is 0.504 e. The highest BCUT2D eigenvalue weighted by Crippen LogP contribution is 2.45. The van der Waals surface area contributed by atoms with Gasteiger partial charge < -0.3 is 44.5 Å². The van der Waals surface area contributed by atoms with Gasteiger partial charge in [0.15, 0.2) is 58.9 Å². The van der Waals surface area contributed by atoms with Gasteiger partial charge in [0.1, 0.15) is 0 Å². The number of hydrogen-bond donors (Lipinski definition) is 5. The molecule has 0 saturated carbocycles. The van der Waals surface area contributed by atoms with Crippen molar-refractivity contribution in [2.45, 2.75) is 24.4 Å². The standard InChI is InChI=1S/C27H26O9/c28-9-1-2-15-3-7-20-22(10-15)36-27(24(13-29)33-20)17-5-8-21-23(12-17)34-25(14-30)26(35-21)16-4-6-18(31)19(32)11-16/h1-8,10-12,24-32H,9,13-14H2. The molecule has 2 aliphatic rings. The number of aliphatic hydroxyl groups is 3. The summed E-state index contributed by atoms with van der Waals surface area (Å²) >= 11 is 0. The normalized spacial score (nSPS) is 22.5. The van der Waals surface area contributed by atoms with Crippen molar-refractivity contribution in [3.8, 4) is 34.5 Å². The topological polar surface area (TPSA) is 138 Å². The number of phenols is 2. The molecule has 5 rings (SSSR count). The second-order valence-corrected chi connectivity index (χ2v) is 8.50. The second-order valence-electron chi connectivity index (χ2n) is 8.50. The molecule has 0 saturated heterocycles. The predicted octanol–water partition coefficient (Wildman–Crippen LogP) is 2.85. The molecule has 0 fully saturated rings. The highest BCUT2D eigenvalue weighted by atomic mass is 16.6. The molecule has 4 atom stereocenters. The maximum atomic E-state index is 9.97. The zero-order chi connectivity index (χ0) is 25.2. The van der Waals surface area contributed by atoms with Crippen molar-refractivity contribution >= 4 is 6.08 Å². The summed E-state index contributed by atoms with van der Waals surface area (Å²) in [5.74, 6) is 1.26. The second kappa shape index (κ2) is 9.98. The Kier molecular flexibility index (Phi) is 6.60. The summed E-state index contributed by atoms with van der Waals surface area (Å²) in [6.45, 7) is -0.712. The molecule has 0 spiro atoms. The minimum atomic E-state index is -0.768. The summed E-state index contributed by atoms with van der Waals surface area (Å²) in [7, 11) is 0. The van der Waals surface area contributed by atoms with Crippen LogP contribution in [0.3, 0.4) is 0 Å². The number of ether oxygens (including phenoxy) is 4. The van der Waals surface area contributed by atoms with E-state index in [1.807, 2.05) is 6.07 Å². The van der Waals surface area contributed by atoms with Gasteiger partial charge in [-0.15, -0.1) is 0 Å². The summed E-state index contributed by atoms with van der Waals surface area (Å²) in [6.07, 6.45) is 0.588. The molecule has 9 heteroatoms. The lowest BCUT2D eigenvalue weighted by molar-refractivity contribution is -0.0174.